The van der Waals surface area contributed by atoms with Gasteiger partial charge in [0, 0.05) is 17.7 Å². The number of benzene rings is 4. The van der Waals surface area contributed by atoms with Gasteiger partial charge in [-0.05, 0) is 72.3 Å². The number of halogens is 2. The van der Waals surface area contributed by atoms with Crippen molar-refractivity contribution in [2.75, 3.05) is 27.1 Å². The average molecular weight is 699 g/mol. The molecule has 2 amide bonds. The van der Waals surface area contributed by atoms with Crippen LogP contribution < -0.4 is 19.5 Å². The smallest absolute Gasteiger partial charge is 0.254 e. The fraction of sp³-hybridized carbons (Fsp3) is 0.194. The van der Waals surface area contributed by atoms with E-state index in [-0.39, 0.29) is 29.6 Å². The lowest BCUT2D eigenvalue weighted by Crippen LogP contribution is -2.29. The summed E-state index contributed by atoms with van der Waals surface area (Å²) < 4.78 is 46.3. The summed E-state index contributed by atoms with van der Waals surface area (Å²) in [6.45, 7) is -0.120. The molecule has 1 aromatic heterocycles. The average Bonchev–Trinajstić information content (AvgIpc) is 3.78. The van der Waals surface area contributed by atoms with Crippen LogP contribution in [-0.4, -0.2) is 64.4 Å². The molecule has 0 radical (unpaired) electrons. The Morgan fingerprint density at radius 2 is 1.64 bits per heavy atom. The van der Waals surface area contributed by atoms with Gasteiger partial charge in [-0.3, -0.25) is 14.2 Å². The highest BCUT2D eigenvalue weighted by molar-refractivity contribution is 7.99. The summed E-state index contributed by atoms with van der Waals surface area (Å²) in [4.78, 5) is 26.8. The van der Waals surface area contributed by atoms with E-state index in [9.17, 15) is 18.4 Å². The number of thioether (sulfide) groups is 1. The van der Waals surface area contributed by atoms with E-state index in [0.717, 1.165) is 22.9 Å². The monoisotopic (exact) mass is 698 g/mol. The van der Waals surface area contributed by atoms with Crippen molar-refractivity contribution in [2.24, 2.45) is 5.10 Å². The van der Waals surface area contributed by atoms with Crippen LogP contribution in [0.15, 0.2) is 101 Å². The van der Waals surface area contributed by atoms with Gasteiger partial charge in [0.1, 0.15) is 17.4 Å². The van der Waals surface area contributed by atoms with E-state index in [0.29, 0.717) is 40.2 Å². The van der Waals surface area contributed by atoms with Gasteiger partial charge in [-0.15, -0.1) is 10.2 Å². The minimum Gasteiger partial charge on any atom is -0.497 e. The first kappa shape index (κ1) is 34.1. The third-order valence-electron chi connectivity index (χ3n) is 8.02. The number of aromatic nitrogens is 3. The van der Waals surface area contributed by atoms with Crippen molar-refractivity contribution < 1.29 is 32.6 Å². The van der Waals surface area contributed by atoms with Crippen molar-refractivity contribution in [3.8, 4) is 22.9 Å². The van der Waals surface area contributed by atoms with Crippen LogP contribution in [0, 0.1) is 11.6 Å². The number of hydrazone groups is 1. The molecule has 256 valence electrons. The third-order valence-corrected chi connectivity index (χ3v) is 8.93. The summed E-state index contributed by atoms with van der Waals surface area (Å²) in [5.74, 6) is -0.167. The van der Waals surface area contributed by atoms with Crippen LogP contribution in [-0.2, 0) is 11.3 Å². The van der Waals surface area contributed by atoms with Gasteiger partial charge in [0.2, 0.25) is 0 Å². The second-order valence-electron chi connectivity index (χ2n) is 11.0. The fourth-order valence-corrected chi connectivity index (χ4v) is 6.39. The predicted molar refractivity (Wildman–Crippen MR) is 183 cm³/mol. The fourth-order valence-electron chi connectivity index (χ4n) is 5.56. The first-order valence-corrected chi connectivity index (χ1v) is 16.4. The number of hydrogen-bond acceptors (Lipinski definition) is 9. The van der Waals surface area contributed by atoms with Crippen LogP contribution in [0.4, 0.5) is 8.78 Å². The molecule has 1 aliphatic heterocycles. The molecule has 0 saturated carbocycles. The Labute approximate surface area is 290 Å². The number of hydrogen-bond donors (Lipinski definition) is 1. The molecule has 0 bridgehead atoms. The van der Waals surface area contributed by atoms with Gasteiger partial charge >= 0.3 is 0 Å². The molecule has 1 atom stereocenters. The number of nitrogens with one attached hydrogen (secondary N) is 1. The number of amides is 2. The van der Waals surface area contributed by atoms with Crippen LogP contribution in [0.1, 0.15) is 39.8 Å². The number of methoxy groups -OCH3 is 3. The lowest BCUT2D eigenvalue weighted by Gasteiger charge is -2.24. The van der Waals surface area contributed by atoms with Crippen LogP contribution in [0.25, 0.3) is 5.69 Å². The van der Waals surface area contributed by atoms with Gasteiger partial charge in [-0.2, -0.15) is 5.10 Å². The summed E-state index contributed by atoms with van der Waals surface area (Å²) in [6, 6.07) is 23.7. The van der Waals surface area contributed by atoms with Gasteiger partial charge in [0.05, 0.1) is 50.9 Å². The molecule has 14 heteroatoms. The van der Waals surface area contributed by atoms with E-state index in [1.807, 2.05) is 36.4 Å². The predicted octanol–water partition coefficient (Wildman–Crippen LogP) is 5.97. The summed E-state index contributed by atoms with van der Waals surface area (Å²) in [5.41, 5.74) is 2.63. The molecule has 1 aliphatic rings. The maximum Gasteiger partial charge on any atom is 0.254 e. The van der Waals surface area contributed by atoms with Gasteiger partial charge in [0.25, 0.3) is 11.8 Å². The Balaban J connectivity index is 1.28. The van der Waals surface area contributed by atoms with Crippen LogP contribution in [0.2, 0.25) is 0 Å². The van der Waals surface area contributed by atoms with Crippen LogP contribution in [0.3, 0.4) is 0 Å². The molecule has 1 N–H and O–H groups in total. The molecular weight excluding hydrogens is 666 g/mol. The highest BCUT2D eigenvalue weighted by Gasteiger charge is 2.36. The molecule has 0 saturated heterocycles. The zero-order valence-corrected chi connectivity index (χ0v) is 28.1. The lowest BCUT2D eigenvalue weighted by molar-refractivity contribution is -0.130. The maximum absolute atomic E-state index is 14.2. The minimum atomic E-state index is -0.663. The summed E-state index contributed by atoms with van der Waals surface area (Å²) in [7, 11) is 4.68. The zero-order chi connectivity index (χ0) is 35.2. The Kier molecular flexibility index (Phi) is 10.4. The zero-order valence-electron chi connectivity index (χ0n) is 27.3. The highest BCUT2D eigenvalue weighted by Crippen LogP contribution is 2.42. The van der Waals surface area contributed by atoms with Gasteiger partial charge in [0.15, 0.2) is 22.5 Å². The van der Waals surface area contributed by atoms with E-state index >= 15 is 0 Å². The molecular formula is C36H32F2N6O5S. The number of ether oxygens (including phenoxy) is 3. The summed E-state index contributed by atoms with van der Waals surface area (Å²) in [6.07, 6.45) is 0.407. The van der Waals surface area contributed by atoms with Crippen molar-refractivity contribution >= 4 is 29.3 Å². The number of para-hydroxylation sites is 1. The third kappa shape index (κ3) is 7.15. The molecule has 50 heavy (non-hydrogen) atoms. The quantitative estimate of drug-likeness (QED) is 0.158. The number of carbonyl (C=O) groups is 2. The van der Waals surface area contributed by atoms with E-state index in [2.05, 4.69) is 15.5 Å². The Bertz CT molecular complexity index is 2040. The normalized spacial score (nSPS) is 13.9. The SMILES string of the molecule is COc1ccc(C2=NN(C(=O)CSc3nnc(CNC(=O)c4ccccc4F)n3-c3ccc(F)cc3)C(c3cccc(OC)c3OC)C2)cc1. The highest BCUT2D eigenvalue weighted by atomic mass is 32.2. The Morgan fingerprint density at radius 1 is 0.880 bits per heavy atom. The first-order chi connectivity index (χ1) is 24.3. The number of carbonyl (C=O) groups excluding carboxylic acids is 2. The Hall–Kier alpha value is -5.76. The van der Waals surface area contributed by atoms with Crippen molar-refractivity contribution in [3.63, 3.8) is 0 Å². The van der Waals surface area contributed by atoms with Crippen molar-refractivity contribution in [3.05, 3.63) is 125 Å². The maximum atomic E-state index is 14.2. The molecule has 6 rings (SSSR count). The molecule has 2 heterocycles. The number of rotatable bonds is 12. The molecule has 1 unspecified atom stereocenters. The second-order valence-corrected chi connectivity index (χ2v) is 11.9. The topological polar surface area (TPSA) is 120 Å². The summed E-state index contributed by atoms with van der Waals surface area (Å²) in [5, 5.41) is 17.7. The van der Waals surface area contributed by atoms with E-state index < -0.39 is 23.6 Å². The second kappa shape index (κ2) is 15.2. The van der Waals surface area contributed by atoms with Gasteiger partial charge < -0.3 is 19.5 Å². The minimum absolute atomic E-state index is 0.0942. The van der Waals surface area contributed by atoms with Crippen LogP contribution >= 0.6 is 11.8 Å². The molecule has 5 aromatic rings. The molecule has 0 fully saturated rings. The molecule has 0 aliphatic carbocycles. The molecule has 0 spiro atoms. The van der Waals surface area contributed by atoms with E-state index in [4.69, 9.17) is 19.3 Å². The van der Waals surface area contributed by atoms with Crippen LogP contribution in [0.5, 0.6) is 17.2 Å². The van der Waals surface area contributed by atoms with Gasteiger partial charge in [-0.25, -0.2) is 13.8 Å². The van der Waals surface area contributed by atoms with E-state index in [1.165, 1.54) is 47.5 Å². The summed E-state index contributed by atoms with van der Waals surface area (Å²) >= 11 is 1.10. The lowest BCUT2D eigenvalue weighted by atomic mass is 9.97. The van der Waals surface area contributed by atoms with Crippen molar-refractivity contribution in [2.45, 2.75) is 24.2 Å². The Morgan fingerprint density at radius 3 is 2.34 bits per heavy atom. The standard InChI is InChI=1S/C36H32F2N6O5S/c1-47-25-17-11-22(12-18-25)29-19-30(27-8-6-10-31(48-2)34(27)49-3)44(42-29)33(45)21-50-36-41-40-32(43(36)24-15-13-23(37)14-16-24)20-39-35(46)26-7-4-5-9-28(26)38/h4-18,30H,19-21H2,1-3H3,(H,39,46). The number of nitrogens with zero attached hydrogens (tertiary/aromatic N) is 5. The molecule has 11 nitrogen and oxygen atoms in total. The molecule has 4 aromatic carbocycles. The largest absolute Gasteiger partial charge is 0.497 e. The van der Waals surface area contributed by atoms with Gasteiger partial charge in [-0.1, -0.05) is 36.0 Å². The van der Waals surface area contributed by atoms with E-state index in [1.54, 1.807) is 38.0 Å². The van der Waals surface area contributed by atoms with Crippen molar-refractivity contribution in [1.82, 2.24) is 25.1 Å². The first-order valence-electron chi connectivity index (χ1n) is 15.4. The van der Waals surface area contributed by atoms with Crippen molar-refractivity contribution in [1.29, 1.82) is 0 Å².